The fraction of sp³-hybridized carbons (Fsp3) is 0.375. The predicted octanol–water partition coefficient (Wildman–Crippen LogP) is 0.191. The number of piperazine rings is 1. The summed E-state index contributed by atoms with van der Waals surface area (Å²) in [5.41, 5.74) is 0.956. The standard InChI is InChI=1S/C16H17N3O2/c20-15-13-5-1-2-6-14(13)16(21)19(15)10-4-3-9-18-11-7-17-8-12-18/h1-2,5-6,17H,7-12H2. The number of carbonyl (C=O) groups excluding carboxylic acids is 2. The van der Waals surface area contributed by atoms with Gasteiger partial charge in [-0.2, -0.15) is 0 Å². The van der Waals surface area contributed by atoms with Gasteiger partial charge in [-0.15, -0.1) is 0 Å². The van der Waals surface area contributed by atoms with Crippen LogP contribution in [-0.4, -0.2) is 60.9 Å². The average Bonchev–Trinajstić information content (AvgIpc) is 2.77. The Morgan fingerprint density at radius 3 is 2.14 bits per heavy atom. The van der Waals surface area contributed by atoms with E-state index in [1.165, 1.54) is 4.90 Å². The Morgan fingerprint density at radius 2 is 1.52 bits per heavy atom. The molecule has 0 unspecified atom stereocenters. The maximum Gasteiger partial charge on any atom is 0.262 e. The van der Waals surface area contributed by atoms with E-state index in [1.54, 1.807) is 24.3 Å². The zero-order chi connectivity index (χ0) is 14.7. The van der Waals surface area contributed by atoms with Gasteiger partial charge in [0.15, 0.2) is 0 Å². The monoisotopic (exact) mass is 283 g/mol. The molecular formula is C16H17N3O2. The molecule has 1 saturated heterocycles. The molecule has 0 aromatic heterocycles. The number of nitrogens with one attached hydrogen (secondary N) is 1. The molecule has 5 heteroatoms. The fourth-order valence-electron chi connectivity index (χ4n) is 2.55. The highest BCUT2D eigenvalue weighted by atomic mass is 16.2. The first kappa shape index (κ1) is 13.8. The molecule has 3 rings (SSSR count). The third-order valence-electron chi connectivity index (χ3n) is 3.75. The van der Waals surface area contributed by atoms with Crippen LogP contribution in [0.5, 0.6) is 0 Å². The van der Waals surface area contributed by atoms with Gasteiger partial charge in [0.1, 0.15) is 0 Å². The van der Waals surface area contributed by atoms with Crippen molar-refractivity contribution in [2.75, 3.05) is 39.3 Å². The number of carbonyl (C=O) groups is 2. The minimum Gasteiger partial charge on any atom is -0.314 e. The maximum atomic E-state index is 12.1. The zero-order valence-electron chi connectivity index (χ0n) is 11.8. The Labute approximate surface area is 123 Å². The Hall–Kier alpha value is -2.16. The SMILES string of the molecule is O=C1c2ccccc2C(=O)N1CC#CCN1CCNCC1. The molecule has 21 heavy (non-hydrogen) atoms. The first-order valence-electron chi connectivity index (χ1n) is 7.11. The predicted molar refractivity (Wildman–Crippen MR) is 78.9 cm³/mol. The van der Waals surface area contributed by atoms with E-state index in [9.17, 15) is 9.59 Å². The van der Waals surface area contributed by atoms with Crippen molar-refractivity contribution in [3.63, 3.8) is 0 Å². The summed E-state index contributed by atoms with van der Waals surface area (Å²) in [5, 5.41) is 3.28. The van der Waals surface area contributed by atoms with Crippen molar-refractivity contribution in [1.29, 1.82) is 0 Å². The van der Waals surface area contributed by atoms with E-state index in [0.717, 1.165) is 26.2 Å². The van der Waals surface area contributed by atoms with Crippen LogP contribution in [0.1, 0.15) is 20.7 Å². The molecule has 1 N–H and O–H groups in total. The quantitative estimate of drug-likeness (QED) is 0.622. The molecule has 1 aromatic rings. The number of rotatable bonds is 2. The summed E-state index contributed by atoms with van der Waals surface area (Å²) in [7, 11) is 0. The van der Waals surface area contributed by atoms with Crippen molar-refractivity contribution in [1.82, 2.24) is 15.1 Å². The molecule has 0 radical (unpaired) electrons. The first-order valence-corrected chi connectivity index (χ1v) is 7.11. The molecule has 0 aliphatic carbocycles. The lowest BCUT2D eigenvalue weighted by Gasteiger charge is -2.24. The second kappa shape index (κ2) is 6.08. The largest absolute Gasteiger partial charge is 0.314 e. The molecule has 2 amide bonds. The Balaban J connectivity index is 1.60. The normalized spacial score (nSPS) is 18.4. The summed E-state index contributed by atoms with van der Waals surface area (Å²) in [4.78, 5) is 27.7. The maximum absolute atomic E-state index is 12.1. The van der Waals surface area contributed by atoms with Crippen molar-refractivity contribution in [2.45, 2.75) is 0 Å². The van der Waals surface area contributed by atoms with Crippen LogP contribution in [0.15, 0.2) is 24.3 Å². The van der Waals surface area contributed by atoms with Crippen LogP contribution in [0.4, 0.5) is 0 Å². The Kier molecular flexibility index (Phi) is 4.00. The average molecular weight is 283 g/mol. The summed E-state index contributed by atoms with van der Waals surface area (Å²) in [6.45, 7) is 4.80. The number of hydrogen-bond acceptors (Lipinski definition) is 4. The van der Waals surface area contributed by atoms with E-state index in [-0.39, 0.29) is 18.4 Å². The van der Waals surface area contributed by atoms with Crippen molar-refractivity contribution < 1.29 is 9.59 Å². The zero-order valence-corrected chi connectivity index (χ0v) is 11.8. The number of benzene rings is 1. The molecule has 2 aliphatic heterocycles. The lowest BCUT2D eigenvalue weighted by molar-refractivity contribution is 0.0675. The van der Waals surface area contributed by atoms with E-state index < -0.39 is 0 Å². The van der Waals surface area contributed by atoms with Crippen LogP contribution in [-0.2, 0) is 0 Å². The molecule has 0 spiro atoms. The lowest BCUT2D eigenvalue weighted by Crippen LogP contribution is -2.43. The highest BCUT2D eigenvalue weighted by molar-refractivity contribution is 6.21. The summed E-state index contributed by atoms with van der Waals surface area (Å²) in [6, 6.07) is 6.90. The van der Waals surface area contributed by atoms with E-state index >= 15 is 0 Å². The molecule has 1 aromatic carbocycles. The van der Waals surface area contributed by atoms with Gasteiger partial charge in [0.05, 0.1) is 24.2 Å². The first-order chi connectivity index (χ1) is 10.3. The van der Waals surface area contributed by atoms with E-state index in [2.05, 4.69) is 22.1 Å². The van der Waals surface area contributed by atoms with Crippen LogP contribution in [0.2, 0.25) is 0 Å². The number of amides is 2. The molecule has 5 nitrogen and oxygen atoms in total. The van der Waals surface area contributed by atoms with Crippen LogP contribution in [0.25, 0.3) is 0 Å². The fourth-order valence-corrected chi connectivity index (χ4v) is 2.55. The third-order valence-corrected chi connectivity index (χ3v) is 3.75. The van der Waals surface area contributed by atoms with Crippen LogP contribution >= 0.6 is 0 Å². The summed E-state index contributed by atoms with van der Waals surface area (Å²) >= 11 is 0. The number of imide groups is 1. The highest BCUT2D eigenvalue weighted by Gasteiger charge is 2.34. The van der Waals surface area contributed by atoms with E-state index in [1.807, 2.05) is 0 Å². The van der Waals surface area contributed by atoms with Crippen molar-refractivity contribution in [3.05, 3.63) is 35.4 Å². The van der Waals surface area contributed by atoms with Gasteiger partial charge < -0.3 is 5.32 Å². The van der Waals surface area contributed by atoms with Crippen LogP contribution in [0.3, 0.4) is 0 Å². The lowest BCUT2D eigenvalue weighted by atomic mass is 10.1. The molecule has 0 saturated carbocycles. The summed E-state index contributed by atoms with van der Waals surface area (Å²) in [5.74, 6) is 5.51. The van der Waals surface area contributed by atoms with Gasteiger partial charge in [-0.3, -0.25) is 19.4 Å². The van der Waals surface area contributed by atoms with Gasteiger partial charge >= 0.3 is 0 Å². The van der Waals surface area contributed by atoms with Crippen molar-refractivity contribution in [3.8, 4) is 11.8 Å². The topological polar surface area (TPSA) is 52.7 Å². The minimum atomic E-state index is -0.243. The van der Waals surface area contributed by atoms with Crippen molar-refractivity contribution in [2.24, 2.45) is 0 Å². The van der Waals surface area contributed by atoms with Gasteiger partial charge in [-0.05, 0) is 12.1 Å². The number of nitrogens with zero attached hydrogens (tertiary/aromatic N) is 2. The molecule has 0 bridgehead atoms. The molecule has 2 heterocycles. The van der Waals surface area contributed by atoms with E-state index in [0.29, 0.717) is 17.7 Å². The molecule has 0 atom stereocenters. The second-order valence-electron chi connectivity index (χ2n) is 5.12. The van der Waals surface area contributed by atoms with Gasteiger partial charge in [-0.1, -0.05) is 24.0 Å². The molecular weight excluding hydrogens is 266 g/mol. The number of hydrogen-bond donors (Lipinski definition) is 1. The van der Waals surface area contributed by atoms with Gasteiger partial charge in [0.2, 0.25) is 0 Å². The van der Waals surface area contributed by atoms with Crippen LogP contribution < -0.4 is 5.32 Å². The smallest absolute Gasteiger partial charge is 0.262 e. The van der Waals surface area contributed by atoms with Crippen molar-refractivity contribution >= 4 is 11.8 Å². The van der Waals surface area contributed by atoms with Crippen LogP contribution in [0, 0.1) is 11.8 Å². The Morgan fingerprint density at radius 1 is 0.952 bits per heavy atom. The summed E-state index contributed by atoms with van der Waals surface area (Å²) < 4.78 is 0. The molecule has 2 aliphatic rings. The van der Waals surface area contributed by atoms with Gasteiger partial charge in [-0.25, -0.2) is 0 Å². The second-order valence-corrected chi connectivity index (χ2v) is 5.12. The molecule has 1 fully saturated rings. The Bertz CT molecular complexity index is 589. The molecule has 108 valence electrons. The van der Waals surface area contributed by atoms with Gasteiger partial charge in [0.25, 0.3) is 11.8 Å². The minimum absolute atomic E-state index is 0.165. The number of fused-ring (bicyclic) bond motifs is 1. The van der Waals surface area contributed by atoms with E-state index in [4.69, 9.17) is 0 Å². The highest BCUT2D eigenvalue weighted by Crippen LogP contribution is 2.21. The third kappa shape index (κ3) is 2.82. The summed E-state index contributed by atoms with van der Waals surface area (Å²) in [6.07, 6.45) is 0. The van der Waals surface area contributed by atoms with Gasteiger partial charge in [0, 0.05) is 26.2 Å².